The Balaban J connectivity index is 1.94. The van der Waals surface area contributed by atoms with Crippen LogP contribution in [0.5, 0.6) is 0 Å². The Morgan fingerprint density at radius 3 is 2.68 bits per heavy atom. The average Bonchev–Trinajstić information content (AvgIpc) is 3.28. The monoisotopic (exact) mass is 385 g/mol. The van der Waals surface area contributed by atoms with Gasteiger partial charge >= 0.3 is 6.18 Å². The van der Waals surface area contributed by atoms with Crippen LogP contribution in [0.1, 0.15) is 21.6 Å². The first kappa shape index (κ1) is 17.8. The van der Waals surface area contributed by atoms with Crippen molar-refractivity contribution in [3.63, 3.8) is 0 Å². The minimum atomic E-state index is -4.50. The molecule has 1 aromatic carbocycles. The zero-order chi connectivity index (χ0) is 20.1. The number of benzene rings is 1. The van der Waals surface area contributed by atoms with Gasteiger partial charge in [-0.2, -0.15) is 18.3 Å². The number of amides is 1. The third-order valence-corrected chi connectivity index (χ3v) is 4.51. The zero-order valence-electron chi connectivity index (χ0n) is 14.6. The normalized spacial score (nSPS) is 11.9. The number of carbonyl (C=O) groups excluding carboxylic acids is 1. The van der Waals surface area contributed by atoms with Gasteiger partial charge in [-0.1, -0.05) is 6.07 Å². The van der Waals surface area contributed by atoms with Gasteiger partial charge in [0.05, 0.1) is 16.8 Å². The molecule has 0 aliphatic carbocycles. The minimum Gasteiger partial charge on any atom is -0.364 e. The zero-order valence-corrected chi connectivity index (χ0v) is 14.6. The molecule has 0 atom stereocenters. The second-order valence-corrected chi connectivity index (χ2v) is 6.31. The quantitative estimate of drug-likeness (QED) is 0.562. The lowest BCUT2D eigenvalue weighted by atomic mass is 9.97. The first-order chi connectivity index (χ1) is 13.3. The molecule has 0 unspecified atom stereocenters. The van der Waals surface area contributed by atoms with Gasteiger partial charge in [0.15, 0.2) is 0 Å². The van der Waals surface area contributed by atoms with Gasteiger partial charge in [0.2, 0.25) is 0 Å². The van der Waals surface area contributed by atoms with Gasteiger partial charge in [-0.25, -0.2) is 9.50 Å². The van der Waals surface area contributed by atoms with E-state index in [4.69, 9.17) is 5.73 Å². The Bertz CT molecular complexity index is 1210. The minimum absolute atomic E-state index is 0.0146. The van der Waals surface area contributed by atoms with Crippen LogP contribution in [0, 0.1) is 6.92 Å². The molecule has 6 nitrogen and oxygen atoms in total. The van der Waals surface area contributed by atoms with Crippen LogP contribution in [0.25, 0.3) is 28.0 Å². The molecule has 0 radical (unpaired) electrons. The summed E-state index contributed by atoms with van der Waals surface area (Å²) < 4.78 is 41.1. The number of aryl methyl sites for hydroxylation is 1. The number of halogens is 3. The van der Waals surface area contributed by atoms with E-state index in [0.29, 0.717) is 22.5 Å². The molecular formula is C19H14F3N5O. The molecule has 4 rings (SSSR count). The average molecular weight is 385 g/mol. The number of hydrogen-bond acceptors (Lipinski definition) is 3. The van der Waals surface area contributed by atoms with E-state index in [1.165, 1.54) is 12.4 Å². The maximum Gasteiger partial charge on any atom is 0.416 e. The van der Waals surface area contributed by atoms with Crippen molar-refractivity contribution in [2.24, 2.45) is 5.73 Å². The Labute approximate surface area is 156 Å². The highest BCUT2D eigenvalue weighted by atomic mass is 19.4. The van der Waals surface area contributed by atoms with E-state index in [1.807, 2.05) is 0 Å². The fourth-order valence-electron chi connectivity index (χ4n) is 3.15. The van der Waals surface area contributed by atoms with Crippen molar-refractivity contribution < 1.29 is 18.0 Å². The van der Waals surface area contributed by atoms with Crippen LogP contribution in [0.3, 0.4) is 0 Å². The smallest absolute Gasteiger partial charge is 0.364 e. The van der Waals surface area contributed by atoms with Crippen LogP contribution < -0.4 is 5.73 Å². The summed E-state index contributed by atoms with van der Waals surface area (Å²) in [6.07, 6.45) is -1.42. The van der Waals surface area contributed by atoms with Gasteiger partial charge in [0.25, 0.3) is 5.91 Å². The number of nitrogens with one attached hydrogen (secondary N) is 1. The van der Waals surface area contributed by atoms with Crippen molar-refractivity contribution in [2.75, 3.05) is 0 Å². The number of rotatable bonds is 3. The molecule has 28 heavy (non-hydrogen) atoms. The van der Waals surface area contributed by atoms with Crippen LogP contribution in [0.4, 0.5) is 13.2 Å². The predicted molar refractivity (Wildman–Crippen MR) is 96.5 cm³/mol. The maximum atomic E-state index is 13.2. The number of nitrogens with two attached hydrogens (primary N) is 1. The molecule has 4 aromatic rings. The number of aromatic amines is 1. The van der Waals surface area contributed by atoms with Gasteiger partial charge < -0.3 is 10.7 Å². The highest BCUT2D eigenvalue weighted by molar-refractivity contribution is 6.00. The van der Waals surface area contributed by atoms with Crippen LogP contribution in [-0.4, -0.2) is 25.5 Å². The fraction of sp³-hybridized carbons (Fsp3) is 0.105. The van der Waals surface area contributed by atoms with Gasteiger partial charge in [-0.3, -0.25) is 4.79 Å². The van der Waals surface area contributed by atoms with E-state index in [9.17, 15) is 18.0 Å². The van der Waals surface area contributed by atoms with Crippen LogP contribution >= 0.6 is 0 Å². The Kier molecular flexibility index (Phi) is 3.95. The second-order valence-electron chi connectivity index (χ2n) is 6.31. The molecule has 3 aromatic heterocycles. The fourth-order valence-corrected chi connectivity index (χ4v) is 3.15. The molecule has 0 aliphatic rings. The third kappa shape index (κ3) is 2.90. The van der Waals surface area contributed by atoms with E-state index in [0.717, 1.165) is 12.1 Å². The lowest BCUT2D eigenvalue weighted by molar-refractivity contribution is -0.137. The molecule has 142 valence electrons. The third-order valence-electron chi connectivity index (χ3n) is 4.51. The van der Waals surface area contributed by atoms with Crippen LogP contribution in [-0.2, 0) is 6.18 Å². The van der Waals surface area contributed by atoms with Gasteiger partial charge in [0.1, 0.15) is 17.7 Å². The molecular weight excluding hydrogens is 371 g/mol. The molecule has 1 amide bonds. The van der Waals surface area contributed by atoms with Crippen molar-refractivity contribution in [1.29, 1.82) is 0 Å². The van der Waals surface area contributed by atoms with Crippen LogP contribution in [0.15, 0.2) is 48.9 Å². The highest BCUT2D eigenvalue weighted by Gasteiger charge is 2.31. The maximum absolute atomic E-state index is 13.2. The molecule has 3 N–H and O–H groups in total. The largest absolute Gasteiger partial charge is 0.416 e. The second kappa shape index (κ2) is 6.22. The number of aromatic nitrogens is 4. The lowest BCUT2D eigenvalue weighted by Crippen LogP contribution is -2.13. The summed E-state index contributed by atoms with van der Waals surface area (Å²) in [6, 6.07) is 8.54. The van der Waals surface area contributed by atoms with Crippen molar-refractivity contribution in [1.82, 2.24) is 19.6 Å². The van der Waals surface area contributed by atoms with E-state index in [-0.39, 0.29) is 16.8 Å². The number of nitrogens with zero attached hydrogens (tertiary/aromatic N) is 3. The molecule has 0 spiro atoms. The summed E-state index contributed by atoms with van der Waals surface area (Å²) in [7, 11) is 0. The first-order valence-electron chi connectivity index (χ1n) is 8.25. The summed E-state index contributed by atoms with van der Waals surface area (Å²) in [5, 5.41) is 4.08. The molecule has 0 saturated heterocycles. The topological polar surface area (TPSA) is 89.1 Å². The van der Waals surface area contributed by atoms with Gasteiger partial charge in [-0.05, 0) is 48.4 Å². The van der Waals surface area contributed by atoms with Crippen molar-refractivity contribution in [3.8, 4) is 22.5 Å². The van der Waals surface area contributed by atoms with E-state index in [2.05, 4.69) is 15.1 Å². The predicted octanol–water partition coefficient (Wildman–Crippen LogP) is 3.82. The number of fused-ring (bicyclic) bond motifs is 1. The Hall–Kier alpha value is -3.62. The van der Waals surface area contributed by atoms with Crippen molar-refractivity contribution in [3.05, 3.63) is 65.7 Å². The number of primary amides is 1. The SMILES string of the molecule is Cc1ccc(C(F)(F)F)cc1-c1cc(-c2ncnn3cccc23)[nH]c1C(N)=O. The molecule has 0 aliphatic heterocycles. The van der Waals surface area contributed by atoms with E-state index in [1.54, 1.807) is 35.8 Å². The summed E-state index contributed by atoms with van der Waals surface area (Å²) >= 11 is 0. The highest BCUT2D eigenvalue weighted by Crippen LogP contribution is 2.37. The van der Waals surface area contributed by atoms with Crippen LogP contribution in [0.2, 0.25) is 0 Å². The summed E-state index contributed by atoms with van der Waals surface area (Å²) in [5.74, 6) is -0.779. The van der Waals surface area contributed by atoms with Crippen molar-refractivity contribution in [2.45, 2.75) is 13.1 Å². The van der Waals surface area contributed by atoms with E-state index >= 15 is 0 Å². The molecule has 9 heteroatoms. The number of hydrogen-bond donors (Lipinski definition) is 2. The first-order valence-corrected chi connectivity index (χ1v) is 8.25. The molecule has 0 bridgehead atoms. The molecule has 0 fully saturated rings. The number of carbonyl (C=O) groups is 1. The van der Waals surface area contributed by atoms with Crippen molar-refractivity contribution >= 4 is 11.4 Å². The number of H-pyrrole nitrogens is 1. The number of alkyl halides is 3. The summed E-state index contributed by atoms with van der Waals surface area (Å²) in [4.78, 5) is 19.1. The van der Waals surface area contributed by atoms with E-state index < -0.39 is 17.6 Å². The standard InChI is InChI=1S/C19H14F3N5O/c1-10-4-5-11(19(20,21)22)7-12(10)13-8-14(26-16(13)18(23)28)17-15-3-2-6-27(15)25-9-24-17/h2-9,26H,1H3,(H2,23,28). The Morgan fingerprint density at radius 1 is 1.18 bits per heavy atom. The Morgan fingerprint density at radius 2 is 1.96 bits per heavy atom. The summed E-state index contributed by atoms with van der Waals surface area (Å²) in [6.45, 7) is 1.67. The lowest BCUT2D eigenvalue weighted by Gasteiger charge is -2.11. The van der Waals surface area contributed by atoms with Gasteiger partial charge in [0, 0.05) is 11.8 Å². The molecule has 3 heterocycles. The summed E-state index contributed by atoms with van der Waals surface area (Å²) in [5.41, 5.74) is 7.45. The van der Waals surface area contributed by atoms with Gasteiger partial charge in [-0.15, -0.1) is 0 Å². The molecule has 0 saturated carbocycles.